The molecular weight excluding hydrogens is 246 g/mol. The van der Waals surface area contributed by atoms with Gasteiger partial charge in [0, 0.05) is 26.2 Å². The van der Waals surface area contributed by atoms with Crippen molar-refractivity contribution in [2.45, 2.75) is 24.6 Å². The van der Waals surface area contributed by atoms with Crippen LogP contribution in [-0.4, -0.2) is 68.8 Å². The lowest BCUT2D eigenvalue weighted by Crippen LogP contribution is -2.45. The van der Waals surface area contributed by atoms with Crippen molar-refractivity contribution in [3.63, 3.8) is 0 Å². The van der Waals surface area contributed by atoms with Crippen molar-refractivity contribution in [3.05, 3.63) is 0 Å². The van der Waals surface area contributed by atoms with Crippen LogP contribution in [0.25, 0.3) is 0 Å². The van der Waals surface area contributed by atoms with E-state index in [1.54, 1.807) is 0 Å². The molecule has 18 heavy (non-hydrogen) atoms. The monoisotopic (exact) mass is 264 g/mol. The summed E-state index contributed by atoms with van der Waals surface area (Å²) in [6, 6.07) is 0. The Balaban J connectivity index is 1.66. The minimum absolute atomic E-state index is 0.0568. The number of morpholine rings is 1. The molecule has 2 saturated heterocycles. The van der Waals surface area contributed by atoms with Gasteiger partial charge in [0.15, 0.2) is 0 Å². The molecular formula is C11H18F2N2O3. The van der Waals surface area contributed by atoms with Crippen LogP contribution in [0.3, 0.4) is 0 Å². The van der Waals surface area contributed by atoms with Crippen LogP contribution >= 0.6 is 0 Å². The van der Waals surface area contributed by atoms with Gasteiger partial charge in [-0.25, -0.2) is 4.79 Å². The van der Waals surface area contributed by atoms with Crippen LogP contribution in [0.4, 0.5) is 8.78 Å². The van der Waals surface area contributed by atoms with Crippen molar-refractivity contribution in [2.75, 3.05) is 39.8 Å². The number of hydrogen-bond acceptors (Lipinski definition) is 5. The number of hydrogen-bond donors (Lipinski definition) is 1. The van der Waals surface area contributed by atoms with Crippen molar-refractivity contribution >= 4 is 5.97 Å². The maximum Gasteiger partial charge on any atom is 0.377 e. The summed E-state index contributed by atoms with van der Waals surface area (Å²) >= 11 is 0. The molecule has 104 valence electrons. The van der Waals surface area contributed by atoms with Crippen LogP contribution in [0.5, 0.6) is 0 Å². The Morgan fingerprint density at radius 1 is 1.44 bits per heavy atom. The molecule has 0 aliphatic carbocycles. The quantitative estimate of drug-likeness (QED) is 0.716. The van der Waals surface area contributed by atoms with E-state index in [0.29, 0.717) is 13.2 Å². The van der Waals surface area contributed by atoms with Gasteiger partial charge in [-0.3, -0.25) is 0 Å². The van der Waals surface area contributed by atoms with E-state index in [2.05, 4.69) is 15.0 Å². The molecule has 0 aromatic carbocycles. The summed E-state index contributed by atoms with van der Waals surface area (Å²) < 4.78 is 35.9. The molecule has 0 bridgehead atoms. The van der Waals surface area contributed by atoms with Crippen LogP contribution in [-0.2, 0) is 14.3 Å². The van der Waals surface area contributed by atoms with Gasteiger partial charge in [-0.15, -0.1) is 0 Å². The summed E-state index contributed by atoms with van der Waals surface area (Å²) in [5.41, 5.74) is 0. The fraction of sp³-hybridized carbons (Fsp3) is 0.909. The largest absolute Gasteiger partial charge is 0.456 e. The molecule has 7 heteroatoms. The summed E-state index contributed by atoms with van der Waals surface area (Å²) in [5.74, 6) is -4.74. The molecule has 2 aliphatic heterocycles. The molecule has 2 unspecified atom stereocenters. The smallest absolute Gasteiger partial charge is 0.377 e. The van der Waals surface area contributed by atoms with Gasteiger partial charge < -0.3 is 19.7 Å². The van der Waals surface area contributed by atoms with Crippen molar-refractivity contribution in [3.8, 4) is 0 Å². The Morgan fingerprint density at radius 2 is 2.17 bits per heavy atom. The highest BCUT2D eigenvalue weighted by atomic mass is 19.3. The number of halogens is 2. The Kier molecular flexibility index (Phi) is 4.14. The molecule has 5 nitrogen and oxygen atoms in total. The third-order valence-electron chi connectivity index (χ3n) is 3.14. The molecule has 2 rings (SSSR count). The average molecular weight is 264 g/mol. The van der Waals surface area contributed by atoms with Crippen LogP contribution in [0.15, 0.2) is 0 Å². The molecule has 2 aliphatic rings. The average Bonchev–Trinajstić information content (AvgIpc) is 2.53. The number of rotatable bonds is 4. The maximum absolute atomic E-state index is 12.9. The topological polar surface area (TPSA) is 50.8 Å². The summed E-state index contributed by atoms with van der Waals surface area (Å²) in [5, 5.41) is 3.01. The molecule has 2 fully saturated rings. The highest BCUT2D eigenvalue weighted by Crippen LogP contribution is 2.30. The molecule has 1 N–H and O–H groups in total. The molecule has 0 aromatic heterocycles. The van der Waals surface area contributed by atoms with Crippen molar-refractivity contribution in [2.24, 2.45) is 0 Å². The Labute approximate surface area is 104 Å². The third kappa shape index (κ3) is 3.37. The minimum Gasteiger partial charge on any atom is -0.456 e. The predicted molar refractivity (Wildman–Crippen MR) is 59.6 cm³/mol. The fourth-order valence-corrected chi connectivity index (χ4v) is 2.16. The second-order valence-corrected chi connectivity index (χ2v) is 4.85. The zero-order valence-corrected chi connectivity index (χ0v) is 10.3. The Hall–Kier alpha value is -0.790. The standard InChI is InChI=1S/C11H18F2N2O3/c1-15-2-3-17-9(7-15)6-14-5-8-4-11(12,13)10(16)18-8/h8-9,14H,2-7H2,1H3. The van der Waals surface area contributed by atoms with E-state index in [1.165, 1.54) is 0 Å². The summed E-state index contributed by atoms with van der Waals surface area (Å²) in [6.45, 7) is 3.21. The summed E-state index contributed by atoms with van der Waals surface area (Å²) in [4.78, 5) is 12.9. The number of nitrogens with one attached hydrogen (secondary N) is 1. The van der Waals surface area contributed by atoms with Crippen molar-refractivity contribution < 1.29 is 23.0 Å². The highest BCUT2D eigenvalue weighted by molar-refractivity contribution is 5.79. The Morgan fingerprint density at radius 3 is 2.78 bits per heavy atom. The van der Waals surface area contributed by atoms with Gasteiger partial charge in [0.2, 0.25) is 0 Å². The van der Waals surface area contributed by atoms with Gasteiger partial charge in [0.25, 0.3) is 0 Å². The number of carbonyl (C=O) groups is 1. The fourth-order valence-electron chi connectivity index (χ4n) is 2.16. The van der Waals surface area contributed by atoms with E-state index in [-0.39, 0.29) is 12.6 Å². The first-order chi connectivity index (χ1) is 8.47. The maximum atomic E-state index is 12.9. The number of likely N-dealkylation sites (N-methyl/N-ethyl adjacent to an activating group) is 1. The van der Waals surface area contributed by atoms with Crippen LogP contribution in [0.1, 0.15) is 6.42 Å². The second-order valence-electron chi connectivity index (χ2n) is 4.85. The number of carbonyl (C=O) groups excluding carboxylic acids is 1. The first kappa shape index (κ1) is 13.6. The first-order valence-electron chi connectivity index (χ1n) is 6.07. The predicted octanol–water partition coefficient (Wildman–Crippen LogP) is -0.143. The van der Waals surface area contributed by atoms with E-state index < -0.39 is 24.4 Å². The number of esters is 1. The van der Waals surface area contributed by atoms with E-state index in [0.717, 1.165) is 13.1 Å². The minimum atomic E-state index is -3.33. The molecule has 0 aromatic rings. The van der Waals surface area contributed by atoms with Gasteiger partial charge in [-0.1, -0.05) is 0 Å². The molecule has 0 spiro atoms. The zero-order chi connectivity index (χ0) is 13.2. The third-order valence-corrected chi connectivity index (χ3v) is 3.14. The molecule has 0 radical (unpaired) electrons. The number of nitrogens with zero attached hydrogens (tertiary/aromatic N) is 1. The van der Waals surface area contributed by atoms with Gasteiger partial charge in [-0.2, -0.15) is 8.78 Å². The zero-order valence-electron chi connectivity index (χ0n) is 10.3. The molecule has 2 atom stereocenters. The molecule has 2 heterocycles. The SMILES string of the molecule is CN1CCOC(CNCC2CC(F)(F)C(=O)O2)C1. The van der Waals surface area contributed by atoms with Crippen molar-refractivity contribution in [1.29, 1.82) is 0 Å². The van der Waals surface area contributed by atoms with E-state index >= 15 is 0 Å². The lowest BCUT2D eigenvalue weighted by molar-refractivity contribution is -0.159. The van der Waals surface area contributed by atoms with Crippen LogP contribution in [0, 0.1) is 0 Å². The van der Waals surface area contributed by atoms with Gasteiger partial charge in [0.1, 0.15) is 6.10 Å². The molecule has 0 amide bonds. The lowest BCUT2D eigenvalue weighted by atomic mass is 10.2. The lowest BCUT2D eigenvalue weighted by Gasteiger charge is -2.30. The van der Waals surface area contributed by atoms with Gasteiger partial charge in [0.05, 0.1) is 19.1 Å². The van der Waals surface area contributed by atoms with Gasteiger partial charge >= 0.3 is 11.9 Å². The summed E-state index contributed by atoms with van der Waals surface area (Å²) in [7, 11) is 2.01. The second kappa shape index (κ2) is 5.46. The number of alkyl halides is 2. The first-order valence-corrected chi connectivity index (χ1v) is 6.07. The van der Waals surface area contributed by atoms with Gasteiger partial charge in [-0.05, 0) is 7.05 Å². The van der Waals surface area contributed by atoms with E-state index in [4.69, 9.17) is 4.74 Å². The van der Waals surface area contributed by atoms with Crippen LogP contribution in [0.2, 0.25) is 0 Å². The normalized spacial score (nSPS) is 32.5. The number of cyclic esters (lactones) is 1. The molecule has 0 saturated carbocycles. The Bertz CT molecular complexity index is 315. The van der Waals surface area contributed by atoms with Crippen molar-refractivity contribution in [1.82, 2.24) is 10.2 Å². The summed E-state index contributed by atoms with van der Waals surface area (Å²) in [6.07, 6.45) is -1.22. The van der Waals surface area contributed by atoms with E-state index in [1.807, 2.05) is 7.05 Å². The van der Waals surface area contributed by atoms with Crippen LogP contribution < -0.4 is 5.32 Å². The number of ether oxygens (including phenoxy) is 2. The highest BCUT2D eigenvalue weighted by Gasteiger charge is 2.50. The van der Waals surface area contributed by atoms with E-state index in [9.17, 15) is 13.6 Å².